The minimum Gasteiger partial charge on any atom is -0.550 e. The van der Waals surface area contributed by atoms with Crippen molar-refractivity contribution < 1.29 is 189 Å². The number of aldehydes is 1. The predicted molar refractivity (Wildman–Crippen MR) is 162 cm³/mol. The summed E-state index contributed by atoms with van der Waals surface area (Å²) in [5.41, 5.74) is 4.85. The van der Waals surface area contributed by atoms with Gasteiger partial charge >= 0.3 is 154 Å². The number of rotatable bonds is 9. The van der Waals surface area contributed by atoms with Crippen LogP contribution < -0.4 is 169 Å². The standard InChI is InChI=1S/C34H32N4O7.3K/c1-6-18-15(3)23-11-24-16(4)20(8-9-29(40)41)32(37-24)21(10-30(42)43)33-31(34(44)45)17(5)25(38-33)12-27-19(7-2)22(14-39)28(36-27)13-26(18)35-23;;;/h6,11-14,16,20H,1,7-10H2,2-5H3,(H,40,41)(H,42,43)(H,44,45);;;/q;3*+1/p-3/t16-,20-;;;/m0.../s1. The molecule has 0 radical (unpaired) electrons. The fourth-order valence-electron chi connectivity index (χ4n) is 6.29. The Kier molecular flexibility index (Phi) is 16.8. The number of aliphatic carboxylic acids is 3. The zero-order chi connectivity index (χ0) is 32.7. The van der Waals surface area contributed by atoms with Crippen molar-refractivity contribution in [2.75, 3.05) is 0 Å². The summed E-state index contributed by atoms with van der Waals surface area (Å²) in [5, 5.41) is 36.1. The number of carboxylic acids is 3. The van der Waals surface area contributed by atoms with E-state index in [1.165, 1.54) is 6.92 Å². The van der Waals surface area contributed by atoms with Crippen LogP contribution in [-0.2, 0) is 19.2 Å². The van der Waals surface area contributed by atoms with Crippen LogP contribution in [-0.4, -0.2) is 47.0 Å². The molecule has 5 aliphatic heterocycles. The Morgan fingerprint density at radius 3 is 2.02 bits per heavy atom. The summed E-state index contributed by atoms with van der Waals surface area (Å²) in [4.78, 5) is 67.3. The van der Waals surface area contributed by atoms with E-state index in [1.54, 1.807) is 24.3 Å². The van der Waals surface area contributed by atoms with Gasteiger partial charge in [0.2, 0.25) is 0 Å². The second kappa shape index (κ2) is 18.4. The molecule has 11 nitrogen and oxygen atoms in total. The molecule has 0 saturated carbocycles. The van der Waals surface area contributed by atoms with Gasteiger partial charge in [-0.15, -0.1) is 0 Å². The molecule has 0 aromatic rings. The van der Waals surface area contributed by atoms with Gasteiger partial charge in [-0.05, 0) is 68.1 Å². The van der Waals surface area contributed by atoms with E-state index in [0.717, 1.165) is 11.1 Å². The first-order valence-corrected chi connectivity index (χ1v) is 14.5. The topological polar surface area (TPSA) is 187 Å². The molecule has 0 aliphatic carbocycles. The summed E-state index contributed by atoms with van der Waals surface area (Å²) in [5.74, 6) is -5.40. The maximum absolute atomic E-state index is 12.5. The number of fused-ring (bicyclic) bond motifs is 4. The van der Waals surface area contributed by atoms with Crippen LogP contribution in [0.25, 0.3) is 0 Å². The molecule has 8 bridgehead atoms. The van der Waals surface area contributed by atoms with Crippen LogP contribution in [0.4, 0.5) is 0 Å². The van der Waals surface area contributed by atoms with E-state index in [1.807, 2.05) is 20.8 Å². The average Bonchev–Trinajstić information content (AvgIpc) is 3.67. The first-order chi connectivity index (χ1) is 21.4. The number of hydrogen-bond acceptors (Lipinski definition) is 11. The van der Waals surface area contributed by atoms with E-state index in [0.29, 0.717) is 52.4 Å². The van der Waals surface area contributed by atoms with Crippen LogP contribution in [0.1, 0.15) is 53.4 Å². The molecule has 2 atom stereocenters. The van der Waals surface area contributed by atoms with E-state index in [4.69, 9.17) is 15.0 Å². The molecule has 0 fully saturated rings. The molecular weight excluding hydrogens is 694 g/mol. The van der Waals surface area contributed by atoms with Gasteiger partial charge in [-0.2, -0.15) is 0 Å². The smallest absolute Gasteiger partial charge is 0.550 e. The Morgan fingerprint density at radius 2 is 1.46 bits per heavy atom. The van der Waals surface area contributed by atoms with E-state index in [9.17, 15) is 34.5 Å². The molecule has 0 N–H and O–H groups in total. The number of allylic oxidation sites excluding steroid dienone is 10. The summed E-state index contributed by atoms with van der Waals surface area (Å²) < 4.78 is 0. The second-order valence-corrected chi connectivity index (χ2v) is 11.2. The van der Waals surface area contributed by atoms with E-state index in [-0.39, 0.29) is 201 Å². The van der Waals surface area contributed by atoms with Gasteiger partial charge in [-0.1, -0.05) is 26.5 Å². The van der Waals surface area contributed by atoms with Crippen molar-refractivity contribution in [2.45, 2.75) is 53.4 Å². The Morgan fingerprint density at radius 1 is 0.833 bits per heavy atom. The molecule has 0 saturated heterocycles. The van der Waals surface area contributed by atoms with Gasteiger partial charge in [0.1, 0.15) is 0 Å². The van der Waals surface area contributed by atoms with Crippen molar-refractivity contribution in [1.82, 2.24) is 0 Å². The molecule has 48 heavy (non-hydrogen) atoms. The second-order valence-electron chi connectivity index (χ2n) is 11.2. The monoisotopic (exact) mass is 722 g/mol. The fraction of sp³-hybridized carbons (Fsp3) is 0.294. The minimum absolute atomic E-state index is 0. The van der Waals surface area contributed by atoms with Crippen LogP contribution in [0.5, 0.6) is 0 Å². The third-order valence-electron chi connectivity index (χ3n) is 8.64. The summed E-state index contributed by atoms with van der Waals surface area (Å²) in [6.45, 7) is 11.0. The van der Waals surface area contributed by atoms with Crippen molar-refractivity contribution in [3.8, 4) is 0 Å². The molecule has 0 aromatic carbocycles. The summed E-state index contributed by atoms with van der Waals surface area (Å²) >= 11 is 0. The van der Waals surface area contributed by atoms with Crippen molar-refractivity contribution in [1.29, 1.82) is 0 Å². The Balaban J connectivity index is 0.00000267. The maximum Gasteiger partial charge on any atom is 1.00 e. The van der Waals surface area contributed by atoms with Crippen LogP contribution >= 0.6 is 0 Å². The van der Waals surface area contributed by atoms with E-state index < -0.39 is 36.2 Å². The maximum atomic E-state index is 12.5. The Hall–Kier alpha value is -0.411. The average molecular weight is 723 g/mol. The zero-order valence-corrected chi connectivity index (χ0v) is 37.6. The van der Waals surface area contributed by atoms with Crippen molar-refractivity contribution in [3.05, 3.63) is 92.7 Å². The summed E-state index contributed by atoms with van der Waals surface area (Å²) in [6, 6.07) is 0. The third kappa shape index (κ3) is 8.61. The third-order valence-corrected chi connectivity index (χ3v) is 8.64. The van der Waals surface area contributed by atoms with E-state index >= 15 is 0 Å². The molecule has 5 rings (SSSR count). The zero-order valence-electron chi connectivity index (χ0n) is 28.2. The van der Waals surface area contributed by atoms with Gasteiger partial charge in [-0.25, -0.2) is 15.0 Å². The minimum atomic E-state index is -1.58. The largest absolute Gasteiger partial charge is 1.00 e. The predicted octanol–water partition coefficient (Wildman–Crippen LogP) is -7.87. The SMILES string of the molecule is C=CC1=C(C)C2=CC3=NC(=C(CC(=O)[O-])C4=NC(=CC5=NC(=CC1=N2)C(C=O)=C5CC)C(C)=C4C(=O)[O-])[C@@H](CCC(=O)[O-])[C@@H]3C.[K+].[K+].[K+]. The number of carbonyl (C=O) groups is 4. The summed E-state index contributed by atoms with van der Waals surface area (Å²) in [7, 11) is 0. The van der Waals surface area contributed by atoms with Gasteiger partial charge < -0.3 is 29.7 Å². The van der Waals surface area contributed by atoms with Crippen LogP contribution in [0.15, 0.2) is 113 Å². The normalized spacial score (nSPS) is 21.1. The van der Waals surface area contributed by atoms with Crippen LogP contribution in [0, 0.1) is 11.8 Å². The molecular formula is C34H29K3N4O7. The molecule has 5 aliphatic rings. The van der Waals surface area contributed by atoms with Gasteiger partial charge in [0.15, 0.2) is 6.29 Å². The van der Waals surface area contributed by atoms with E-state index in [2.05, 4.69) is 11.6 Å². The van der Waals surface area contributed by atoms with Crippen molar-refractivity contribution >= 4 is 47.0 Å². The Labute approximate surface area is 406 Å². The molecule has 0 unspecified atom stereocenters. The number of hydrogen-bond donors (Lipinski definition) is 0. The first-order valence-electron chi connectivity index (χ1n) is 14.5. The number of nitrogens with zero attached hydrogens (tertiary/aromatic N) is 4. The van der Waals surface area contributed by atoms with Gasteiger partial charge in [0, 0.05) is 58.2 Å². The molecule has 14 heteroatoms. The van der Waals surface area contributed by atoms with Crippen molar-refractivity contribution in [2.24, 2.45) is 31.8 Å². The Bertz CT molecular complexity index is 1870. The molecule has 0 spiro atoms. The molecule has 5 heterocycles. The van der Waals surface area contributed by atoms with Gasteiger partial charge in [-0.3, -0.25) is 9.79 Å². The van der Waals surface area contributed by atoms with Crippen LogP contribution in [0.2, 0.25) is 0 Å². The van der Waals surface area contributed by atoms with Crippen LogP contribution in [0.3, 0.4) is 0 Å². The van der Waals surface area contributed by atoms with Gasteiger partial charge in [0.05, 0.1) is 45.9 Å². The van der Waals surface area contributed by atoms with Crippen molar-refractivity contribution in [3.63, 3.8) is 0 Å². The number of carbonyl (C=O) groups excluding carboxylic acids is 4. The fourth-order valence-corrected chi connectivity index (χ4v) is 6.29. The van der Waals surface area contributed by atoms with Gasteiger partial charge in [0.25, 0.3) is 0 Å². The molecule has 230 valence electrons. The number of carboxylic acid groups (broad SMARTS) is 3. The number of aliphatic imine (C=N–C) groups is 4. The quantitative estimate of drug-likeness (QED) is 0.167. The molecule has 0 amide bonds. The molecule has 0 aromatic heterocycles. The first kappa shape index (κ1) is 43.8. The summed E-state index contributed by atoms with van der Waals surface area (Å²) in [6.07, 6.45) is 6.76.